The maximum Gasteiger partial charge on any atom is 0.416 e. The average Bonchev–Trinajstić information content (AvgIpc) is 2.68. The maximum atomic E-state index is 12.9. The van der Waals surface area contributed by atoms with E-state index in [1.807, 2.05) is 37.3 Å². The number of thioether (sulfide) groups is 1. The zero-order chi connectivity index (χ0) is 21.0. The molecular formula is C21H21F3N2O2S. The molecule has 3 rings (SSSR count). The lowest BCUT2D eigenvalue weighted by molar-refractivity contribution is -0.137. The first-order valence-electron chi connectivity index (χ1n) is 9.28. The Balaban J connectivity index is 1.70. The Hall–Kier alpha value is -2.48. The summed E-state index contributed by atoms with van der Waals surface area (Å²) >= 11 is 1.13. The van der Waals surface area contributed by atoms with E-state index in [2.05, 4.69) is 5.32 Å². The van der Waals surface area contributed by atoms with Crippen LogP contribution in [0, 0.1) is 0 Å². The van der Waals surface area contributed by atoms with Crippen LogP contribution < -0.4 is 5.32 Å². The summed E-state index contributed by atoms with van der Waals surface area (Å²) in [6.45, 7) is 3.00. The van der Waals surface area contributed by atoms with Crippen molar-refractivity contribution in [2.24, 2.45) is 0 Å². The van der Waals surface area contributed by atoms with Crippen molar-refractivity contribution < 1.29 is 22.8 Å². The average molecular weight is 422 g/mol. The van der Waals surface area contributed by atoms with E-state index in [4.69, 9.17) is 0 Å². The third-order valence-electron chi connectivity index (χ3n) is 4.55. The summed E-state index contributed by atoms with van der Waals surface area (Å²) in [5, 5.41) is 1.84. The van der Waals surface area contributed by atoms with Crippen LogP contribution in [0.4, 0.5) is 18.9 Å². The van der Waals surface area contributed by atoms with Crippen molar-refractivity contribution in [2.45, 2.75) is 42.6 Å². The van der Waals surface area contributed by atoms with Gasteiger partial charge in [-0.1, -0.05) is 37.3 Å². The molecule has 29 heavy (non-hydrogen) atoms. The van der Waals surface area contributed by atoms with E-state index in [0.29, 0.717) is 18.0 Å². The first-order chi connectivity index (χ1) is 13.8. The molecule has 0 aliphatic carbocycles. The molecule has 2 aromatic carbocycles. The molecule has 2 amide bonds. The molecule has 1 unspecified atom stereocenters. The van der Waals surface area contributed by atoms with E-state index in [1.54, 1.807) is 4.90 Å². The van der Waals surface area contributed by atoms with Crippen molar-refractivity contribution in [3.05, 3.63) is 59.7 Å². The number of carbonyl (C=O) groups excluding carboxylic acids is 2. The monoisotopic (exact) mass is 422 g/mol. The highest BCUT2D eigenvalue weighted by molar-refractivity contribution is 8.01. The minimum absolute atomic E-state index is 0.0101. The van der Waals surface area contributed by atoms with Gasteiger partial charge in [0, 0.05) is 24.4 Å². The third-order valence-corrected chi connectivity index (χ3v) is 5.82. The van der Waals surface area contributed by atoms with Gasteiger partial charge in [0.15, 0.2) is 0 Å². The molecular weight excluding hydrogens is 401 g/mol. The molecule has 0 saturated carbocycles. The number of amides is 2. The predicted octanol–water partition coefficient (Wildman–Crippen LogP) is 4.95. The molecule has 2 aromatic rings. The number of hydrogen-bond acceptors (Lipinski definition) is 3. The highest BCUT2D eigenvalue weighted by Gasteiger charge is 2.34. The second-order valence-corrected chi connectivity index (χ2v) is 8.05. The summed E-state index contributed by atoms with van der Waals surface area (Å²) in [5.74, 6) is -0.606. The maximum absolute atomic E-state index is 12.9. The van der Waals surface area contributed by atoms with E-state index < -0.39 is 22.9 Å². The van der Waals surface area contributed by atoms with Gasteiger partial charge in [0.05, 0.1) is 16.5 Å². The van der Waals surface area contributed by atoms with Gasteiger partial charge < -0.3 is 10.2 Å². The lowest BCUT2D eigenvalue weighted by Crippen LogP contribution is -2.37. The van der Waals surface area contributed by atoms with E-state index in [9.17, 15) is 22.8 Å². The molecule has 1 aliphatic heterocycles. The fourth-order valence-corrected chi connectivity index (χ4v) is 4.20. The van der Waals surface area contributed by atoms with E-state index in [0.717, 1.165) is 35.9 Å². The van der Waals surface area contributed by atoms with Crippen molar-refractivity contribution >= 4 is 29.3 Å². The number of nitrogens with one attached hydrogen (secondary N) is 1. The SMILES string of the molecule is CCCN(Cc1ccccc1)C(=O)CC1Sc2ccc(C(F)(F)F)cc2NC1=O. The summed E-state index contributed by atoms with van der Waals surface area (Å²) < 4.78 is 38.6. The van der Waals surface area contributed by atoms with Crippen molar-refractivity contribution in [1.29, 1.82) is 0 Å². The molecule has 154 valence electrons. The van der Waals surface area contributed by atoms with Crippen LogP contribution in [-0.4, -0.2) is 28.5 Å². The normalized spacial score (nSPS) is 16.1. The molecule has 0 fully saturated rings. The van der Waals surface area contributed by atoms with Gasteiger partial charge >= 0.3 is 6.18 Å². The molecule has 0 aromatic heterocycles. The van der Waals surface area contributed by atoms with Crippen molar-refractivity contribution in [2.75, 3.05) is 11.9 Å². The van der Waals surface area contributed by atoms with Crippen LogP contribution in [0.5, 0.6) is 0 Å². The smallest absolute Gasteiger partial charge is 0.338 e. The number of alkyl halides is 3. The Morgan fingerprint density at radius 2 is 1.90 bits per heavy atom. The van der Waals surface area contributed by atoms with Gasteiger partial charge in [0.25, 0.3) is 0 Å². The lowest BCUT2D eigenvalue weighted by Gasteiger charge is -2.28. The van der Waals surface area contributed by atoms with Crippen LogP contribution >= 0.6 is 11.8 Å². The minimum atomic E-state index is -4.48. The number of halogens is 3. The molecule has 0 bridgehead atoms. The minimum Gasteiger partial charge on any atom is -0.338 e. The summed E-state index contributed by atoms with van der Waals surface area (Å²) in [7, 11) is 0. The zero-order valence-electron chi connectivity index (χ0n) is 15.8. The van der Waals surface area contributed by atoms with Gasteiger partial charge in [-0.05, 0) is 30.2 Å². The first kappa shape index (κ1) is 21.2. The number of nitrogens with zero attached hydrogens (tertiary/aromatic N) is 1. The standard InChI is InChI=1S/C21H21F3N2O2S/c1-2-10-26(13-14-6-4-3-5-7-14)19(27)12-18-20(28)25-16-11-15(21(22,23)24)8-9-17(16)29-18/h3-9,11,18H,2,10,12-13H2,1H3,(H,25,28). The van der Waals surface area contributed by atoms with E-state index in [1.165, 1.54) is 6.07 Å². The van der Waals surface area contributed by atoms with Crippen molar-refractivity contribution in [1.82, 2.24) is 4.90 Å². The Kier molecular flexibility index (Phi) is 6.52. The number of fused-ring (bicyclic) bond motifs is 1. The molecule has 0 spiro atoms. The van der Waals surface area contributed by atoms with Crippen LogP contribution in [0.15, 0.2) is 53.4 Å². The Labute approximate surface area is 171 Å². The number of hydrogen-bond donors (Lipinski definition) is 1. The van der Waals surface area contributed by atoms with Gasteiger partial charge in [0.2, 0.25) is 11.8 Å². The fraction of sp³-hybridized carbons (Fsp3) is 0.333. The second-order valence-electron chi connectivity index (χ2n) is 6.81. The molecule has 0 saturated heterocycles. The molecule has 1 atom stereocenters. The zero-order valence-corrected chi connectivity index (χ0v) is 16.6. The number of carbonyl (C=O) groups is 2. The quantitative estimate of drug-likeness (QED) is 0.717. The lowest BCUT2D eigenvalue weighted by atomic mass is 10.1. The summed E-state index contributed by atoms with van der Waals surface area (Å²) in [4.78, 5) is 27.5. The van der Waals surface area contributed by atoms with Gasteiger partial charge in [-0.15, -0.1) is 11.8 Å². The third kappa shape index (κ3) is 5.32. The number of rotatable bonds is 6. The van der Waals surface area contributed by atoms with Crippen molar-refractivity contribution in [3.8, 4) is 0 Å². The molecule has 4 nitrogen and oxygen atoms in total. The van der Waals surface area contributed by atoms with Gasteiger partial charge in [-0.2, -0.15) is 13.2 Å². The summed E-state index contributed by atoms with van der Waals surface area (Å²) in [6.07, 6.45) is -3.70. The predicted molar refractivity (Wildman–Crippen MR) is 106 cm³/mol. The van der Waals surface area contributed by atoms with E-state index >= 15 is 0 Å². The first-order valence-corrected chi connectivity index (χ1v) is 10.2. The number of anilines is 1. The van der Waals surface area contributed by atoms with Crippen LogP contribution in [-0.2, 0) is 22.3 Å². The molecule has 1 N–H and O–H groups in total. The largest absolute Gasteiger partial charge is 0.416 e. The highest BCUT2D eigenvalue weighted by atomic mass is 32.2. The summed E-state index contributed by atoms with van der Waals surface area (Å²) in [6, 6.07) is 12.8. The Morgan fingerprint density at radius 3 is 2.55 bits per heavy atom. The van der Waals surface area contributed by atoms with Crippen molar-refractivity contribution in [3.63, 3.8) is 0 Å². The topological polar surface area (TPSA) is 49.4 Å². The Morgan fingerprint density at radius 1 is 1.17 bits per heavy atom. The van der Waals surface area contributed by atoms with Gasteiger partial charge in [0.1, 0.15) is 0 Å². The van der Waals surface area contributed by atoms with Crippen LogP contribution in [0.3, 0.4) is 0 Å². The van der Waals surface area contributed by atoms with Crippen LogP contribution in [0.2, 0.25) is 0 Å². The fourth-order valence-electron chi connectivity index (χ4n) is 3.11. The molecule has 1 aliphatic rings. The highest BCUT2D eigenvalue weighted by Crippen LogP contribution is 2.40. The molecule has 8 heteroatoms. The van der Waals surface area contributed by atoms with Crippen LogP contribution in [0.25, 0.3) is 0 Å². The molecule has 1 heterocycles. The summed E-state index contributed by atoms with van der Waals surface area (Å²) in [5.41, 5.74) is 0.317. The molecule has 0 radical (unpaired) electrons. The van der Waals surface area contributed by atoms with Crippen LogP contribution in [0.1, 0.15) is 30.9 Å². The second kappa shape index (κ2) is 8.90. The van der Waals surface area contributed by atoms with Gasteiger partial charge in [-0.3, -0.25) is 9.59 Å². The van der Waals surface area contributed by atoms with Gasteiger partial charge in [-0.25, -0.2) is 0 Å². The van der Waals surface area contributed by atoms with E-state index in [-0.39, 0.29) is 18.0 Å². The number of benzene rings is 2. The Bertz CT molecular complexity index is 887.